The number of H-pyrrole nitrogens is 1. The van der Waals surface area contributed by atoms with Gasteiger partial charge in [0.25, 0.3) is 0 Å². The lowest BCUT2D eigenvalue weighted by molar-refractivity contribution is 0.0960. The van der Waals surface area contributed by atoms with Crippen LogP contribution in [0.4, 0.5) is 10.7 Å². The average Bonchev–Trinajstić information content (AvgIpc) is 3.94. The highest BCUT2D eigenvalue weighted by Gasteiger charge is 2.42. The zero-order valence-corrected chi connectivity index (χ0v) is 39.2. The van der Waals surface area contributed by atoms with Crippen molar-refractivity contribution in [2.24, 2.45) is 0 Å². The van der Waals surface area contributed by atoms with Crippen molar-refractivity contribution in [3.63, 3.8) is 0 Å². The van der Waals surface area contributed by atoms with Crippen LogP contribution in [0, 0.1) is 0 Å². The van der Waals surface area contributed by atoms with Gasteiger partial charge in [0, 0.05) is 30.7 Å². The van der Waals surface area contributed by atoms with Gasteiger partial charge >= 0.3 is 6.09 Å². The number of aromatic nitrogens is 6. The first kappa shape index (κ1) is 47.9. The maximum Gasteiger partial charge on any atom is 0.407 e. The fourth-order valence-corrected chi connectivity index (χ4v) is 11.4. The third-order valence-corrected chi connectivity index (χ3v) is 15.2. The van der Waals surface area contributed by atoms with Crippen molar-refractivity contribution in [3.05, 3.63) is 120 Å². The fourth-order valence-electron chi connectivity index (χ4n) is 7.56. The second kappa shape index (κ2) is 19.4. The minimum Gasteiger partial charge on any atom is -0.497 e. The van der Waals surface area contributed by atoms with Gasteiger partial charge in [-0.2, -0.15) is 9.10 Å². The second-order valence-electron chi connectivity index (χ2n) is 16.5. The summed E-state index contributed by atoms with van der Waals surface area (Å²) >= 11 is 0. The van der Waals surface area contributed by atoms with Crippen LogP contribution < -0.4 is 19.9 Å². The first-order chi connectivity index (χ1) is 31.9. The second-order valence-corrected chi connectivity index (χ2v) is 20.6. The molecule has 0 saturated carbocycles. The third-order valence-electron chi connectivity index (χ3n) is 11.1. The van der Waals surface area contributed by atoms with Crippen LogP contribution in [0.3, 0.4) is 0 Å². The standard InChI is InChI=1S/C46H51N9O10S2/c1-46(2,3)54(45(57)58)27-35(28-56)66(59,60)39-23-22-36(37-8-7-9-38-41(37)49-44(47)48-38)40(43-50-52-55(51-43)26-31-14-20-34(65-6)21-15-31)42(39)67(61,62)53(24-29-10-16-32(63-4)17-11-29)25-30-12-18-33(64-5)19-13-30/h7-23,35,56H,24-28H2,1-6H3,(H,57,58)(H3,47,48,49). The maximum absolute atomic E-state index is 16.2. The smallest absolute Gasteiger partial charge is 0.407 e. The van der Waals surface area contributed by atoms with Gasteiger partial charge in [0.05, 0.1) is 56.0 Å². The molecule has 0 saturated heterocycles. The van der Waals surface area contributed by atoms with Gasteiger partial charge in [-0.3, -0.25) is 0 Å². The summed E-state index contributed by atoms with van der Waals surface area (Å²) in [5, 5.41) is 32.6. The number of rotatable bonds is 18. The van der Waals surface area contributed by atoms with Crippen LogP contribution in [-0.2, 0) is 39.5 Å². The maximum atomic E-state index is 16.2. The monoisotopic (exact) mass is 953 g/mol. The van der Waals surface area contributed by atoms with Gasteiger partial charge in [0.15, 0.2) is 15.8 Å². The third kappa shape index (κ3) is 10.2. The predicted molar refractivity (Wildman–Crippen MR) is 250 cm³/mol. The number of nitrogens with one attached hydrogen (secondary N) is 1. The van der Waals surface area contributed by atoms with Crippen molar-refractivity contribution in [1.29, 1.82) is 0 Å². The van der Waals surface area contributed by atoms with Gasteiger partial charge in [-0.15, -0.1) is 10.2 Å². The molecule has 0 aliphatic carbocycles. The normalized spacial score (nSPS) is 12.6. The molecule has 1 amide bonds. The van der Waals surface area contributed by atoms with E-state index < -0.39 is 59.7 Å². The molecule has 0 radical (unpaired) electrons. The van der Waals surface area contributed by atoms with E-state index in [0.29, 0.717) is 45.0 Å². The number of sulfonamides is 1. The van der Waals surface area contributed by atoms with E-state index >= 15 is 16.8 Å². The number of nitrogen functional groups attached to an aromatic ring is 1. The molecule has 0 aliphatic heterocycles. The Kier molecular flexibility index (Phi) is 13.9. The molecule has 1 unspecified atom stereocenters. The summed E-state index contributed by atoms with van der Waals surface area (Å²) in [7, 11) is -5.53. The summed E-state index contributed by atoms with van der Waals surface area (Å²) in [5.41, 5.74) is 7.87. The molecule has 19 nitrogen and oxygen atoms in total. The summed E-state index contributed by atoms with van der Waals surface area (Å²) in [4.78, 5) is 20.7. The SMILES string of the molecule is COc1ccc(CN(Cc2ccc(OC)cc2)S(=O)(=O)c2c(S(=O)(=O)C(CO)CN(C(=O)O)C(C)(C)C)ccc(-c3cccc4[nH]c(N)nc34)c2-c2nnn(Cc3ccc(OC)cc3)n2)cc1. The van der Waals surface area contributed by atoms with E-state index in [0.717, 1.165) is 20.8 Å². The molecule has 1 atom stereocenters. The van der Waals surface area contributed by atoms with Crippen LogP contribution in [-0.4, -0.2) is 118 Å². The molecule has 2 heterocycles. The minimum atomic E-state index is -5.08. The number of carbonyl (C=O) groups is 1. The molecule has 2 aromatic heterocycles. The number of aliphatic hydroxyl groups excluding tert-OH is 1. The first-order valence-electron chi connectivity index (χ1n) is 20.8. The molecule has 0 aliphatic rings. The number of nitrogens with zero attached hydrogens (tertiary/aromatic N) is 7. The number of para-hydroxylation sites is 1. The van der Waals surface area contributed by atoms with Crippen molar-refractivity contribution in [2.45, 2.75) is 61.0 Å². The van der Waals surface area contributed by atoms with E-state index in [9.17, 15) is 15.0 Å². The minimum absolute atomic E-state index is 0.0670. The summed E-state index contributed by atoms with van der Waals surface area (Å²) in [6.45, 7) is 2.47. The lowest BCUT2D eigenvalue weighted by Gasteiger charge is -2.35. The Hall–Kier alpha value is -7.07. The van der Waals surface area contributed by atoms with Gasteiger partial charge in [-0.1, -0.05) is 54.6 Å². The molecule has 67 heavy (non-hydrogen) atoms. The van der Waals surface area contributed by atoms with Gasteiger partial charge in [-0.25, -0.2) is 26.6 Å². The Labute approximate surface area is 387 Å². The van der Waals surface area contributed by atoms with Crippen molar-refractivity contribution in [2.75, 3.05) is 40.2 Å². The van der Waals surface area contributed by atoms with Crippen molar-refractivity contribution >= 4 is 42.9 Å². The van der Waals surface area contributed by atoms with Crippen LogP contribution in [0.1, 0.15) is 37.5 Å². The van der Waals surface area contributed by atoms with E-state index in [4.69, 9.17) is 25.0 Å². The molecule has 5 aromatic carbocycles. The van der Waals surface area contributed by atoms with Crippen LogP contribution in [0.5, 0.6) is 17.2 Å². The first-order valence-corrected chi connectivity index (χ1v) is 23.8. The number of anilines is 1. The molecular weight excluding hydrogens is 903 g/mol. The van der Waals surface area contributed by atoms with Crippen molar-refractivity contribution < 1.29 is 46.1 Å². The number of ether oxygens (including phenoxy) is 3. The van der Waals surface area contributed by atoms with Crippen molar-refractivity contribution in [3.8, 4) is 39.8 Å². The Balaban J connectivity index is 1.55. The summed E-state index contributed by atoms with van der Waals surface area (Å²) in [6, 6.07) is 28.2. The highest BCUT2D eigenvalue weighted by molar-refractivity contribution is 7.94. The zero-order valence-electron chi connectivity index (χ0n) is 37.6. The van der Waals surface area contributed by atoms with E-state index in [-0.39, 0.29) is 42.5 Å². The van der Waals surface area contributed by atoms with Crippen LogP contribution in [0.2, 0.25) is 0 Å². The number of nitrogens with two attached hydrogens (primary N) is 1. The number of carboxylic acid groups (broad SMARTS) is 1. The lowest BCUT2D eigenvalue weighted by Crippen LogP contribution is -2.51. The number of aromatic amines is 1. The fraction of sp³-hybridized carbons (Fsp3) is 0.283. The highest BCUT2D eigenvalue weighted by atomic mass is 32.2. The van der Waals surface area contributed by atoms with E-state index in [1.807, 2.05) is 0 Å². The number of amides is 1. The largest absolute Gasteiger partial charge is 0.497 e. The molecule has 0 fully saturated rings. The highest BCUT2D eigenvalue weighted by Crippen LogP contribution is 2.44. The van der Waals surface area contributed by atoms with Crippen LogP contribution in [0.25, 0.3) is 33.5 Å². The molecule has 352 valence electrons. The van der Waals surface area contributed by atoms with Gasteiger partial charge in [0.2, 0.25) is 15.8 Å². The van der Waals surface area contributed by atoms with E-state index in [1.165, 1.54) is 25.1 Å². The molecule has 0 bridgehead atoms. The number of imidazole rings is 1. The van der Waals surface area contributed by atoms with Gasteiger partial charge in [0.1, 0.15) is 27.4 Å². The number of hydrogen-bond acceptors (Lipinski definition) is 14. The van der Waals surface area contributed by atoms with Crippen LogP contribution >= 0.6 is 0 Å². The number of tetrazole rings is 1. The molecule has 5 N–H and O–H groups in total. The summed E-state index contributed by atoms with van der Waals surface area (Å²) in [5.74, 6) is 1.46. The van der Waals surface area contributed by atoms with E-state index in [1.54, 1.807) is 119 Å². The topological polar surface area (TPSA) is 258 Å². The van der Waals surface area contributed by atoms with Gasteiger partial charge in [-0.05, 0) is 96.8 Å². The predicted octanol–water partition coefficient (Wildman–Crippen LogP) is 5.84. The molecule has 7 aromatic rings. The Morgan fingerprint density at radius 1 is 0.791 bits per heavy atom. The number of fused-ring (bicyclic) bond motifs is 1. The van der Waals surface area contributed by atoms with Crippen molar-refractivity contribution in [1.82, 2.24) is 39.4 Å². The number of benzene rings is 5. The Morgan fingerprint density at radius 3 is 1.85 bits per heavy atom. The zero-order chi connectivity index (χ0) is 48.3. The number of methoxy groups -OCH3 is 3. The number of hydrogen-bond donors (Lipinski definition) is 4. The molecule has 0 spiro atoms. The van der Waals surface area contributed by atoms with Crippen LogP contribution in [0.15, 0.2) is 113 Å². The van der Waals surface area contributed by atoms with Gasteiger partial charge < -0.3 is 40.0 Å². The number of aliphatic hydroxyl groups is 1. The summed E-state index contributed by atoms with van der Waals surface area (Å²) in [6.07, 6.45) is -1.45. The average molecular weight is 954 g/mol. The van der Waals surface area contributed by atoms with E-state index in [2.05, 4.69) is 20.3 Å². The molecule has 7 rings (SSSR count). The molecular formula is C46H51N9O10S2. The molecule has 21 heteroatoms. The Morgan fingerprint density at radius 2 is 1.34 bits per heavy atom. The number of sulfone groups is 1. The summed E-state index contributed by atoms with van der Waals surface area (Å²) < 4.78 is 80.2. The lowest BCUT2D eigenvalue weighted by atomic mass is 9.98. The Bertz CT molecular complexity index is 3050. The quantitative estimate of drug-likeness (QED) is 0.0787.